The Hall–Kier alpha value is -1.06. The fourth-order valence-electron chi connectivity index (χ4n) is 2.22. The zero-order valence-electron chi connectivity index (χ0n) is 12.9. The Morgan fingerprint density at radius 3 is 2.37 bits per heavy atom. The summed E-state index contributed by atoms with van der Waals surface area (Å²) >= 11 is 0. The van der Waals surface area contributed by atoms with E-state index in [4.69, 9.17) is 10.5 Å². The molecule has 1 atom stereocenters. The second kappa shape index (κ2) is 7.51. The van der Waals surface area contributed by atoms with Gasteiger partial charge in [-0.3, -0.25) is 0 Å². The molecule has 0 spiro atoms. The Bertz CT molecular complexity index is 402. The summed E-state index contributed by atoms with van der Waals surface area (Å²) in [6.07, 6.45) is 0.966. The highest BCUT2D eigenvalue weighted by molar-refractivity contribution is 5.41. The normalized spacial score (nSPS) is 12.8. The van der Waals surface area contributed by atoms with Gasteiger partial charge in [-0.25, -0.2) is 0 Å². The van der Waals surface area contributed by atoms with Crippen LogP contribution in [0.2, 0.25) is 0 Å². The molecule has 3 nitrogen and oxygen atoms in total. The number of hydrogen-bond donors (Lipinski definition) is 2. The van der Waals surface area contributed by atoms with E-state index < -0.39 is 0 Å². The van der Waals surface area contributed by atoms with Crippen LogP contribution in [0.1, 0.15) is 30.5 Å². The standard InChI is InChI=1S/C16H28N2O/c1-11(2)15(10-17)18-7-6-14-8-12(3)13(4)9-16(14)19-5/h8-9,11,15,18H,6-7,10,17H2,1-5H3. The maximum atomic E-state index is 5.77. The van der Waals surface area contributed by atoms with Crippen molar-refractivity contribution in [1.29, 1.82) is 0 Å². The molecule has 0 aliphatic heterocycles. The van der Waals surface area contributed by atoms with Gasteiger partial charge in [0.15, 0.2) is 0 Å². The first kappa shape index (κ1) is 16.0. The molecule has 0 saturated carbocycles. The van der Waals surface area contributed by atoms with Gasteiger partial charge < -0.3 is 15.8 Å². The third-order valence-corrected chi connectivity index (χ3v) is 3.76. The SMILES string of the molecule is COc1cc(C)c(C)cc1CCNC(CN)C(C)C. The van der Waals surface area contributed by atoms with Gasteiger partial charge in [-0.15, -0.1) is 0 Å². The molecule has 0 radical (unpaired) electrons. The van der Waals surface area contributed by atoms with Gasteiger partial charge in [-0.2, -0.15) is 0 Å². The molecule has 0 fully saturated rings. The molecule has 19 heavy (non-hydrogen) atoms. The zero-order valence-corrected chi connectivity index (χ0v) is 12.9. The summed E-state index contributed by atoms with van der Waals surface area (Å²) in [4.78, 5) is 0. The number of nitrogens with one attached hydrogen (secondary N) is 1. The summed E-state index contributed by atoms with van der Waals surface area (Å²) in [6, 6.07) is 4.73. The van der Waals surface area contributed by atoms with E-state index in [0.717, 1.165) is 18.7 Å². The van der Waals surface area contributed by atoms with Crippen LogP contribution in [0.5, 0.6) is 5.75 Å². The average molecular weight is 264 g/mol. The van der Waals surface area contributed by atoms with Crippen LogP contribution >= 0.6 is 0 Å². The van der Waals surface area contributed by atoms with E-state index in [1.165, 1.54) is 16.7 Å². The van der Waals surface area contributed by atoms with E-state index in [-0.39, 0.29) is 0 Å². The fraction of sp³-hybridized carbons (Fsp3) is 0.625. The molecule has 1 unspecified atom stereocenters. The third-order valence-electron chi connectivity index (χ3n) is 3.76. The van der Waals surface area contributed by atoms with E-state index in [1.54, 1.807) is 7.11 Å². The van der Waals surface area contributed by atoms with Crippen LogP contribution in [-0.4, -0.2) is 26.2 Å². The van der Waals surface area contributed by atoms with Crippen LogP contribution in [0.25, 0.3) is 0 Å². The summed E-state index contributed by atoms with van der Waals surface area (Å²) in [5, 5.41) is 3.52. The highest BCUT2D eigenvalue weighted by Gasteiger charge is 2.11. The lowest BCUT2D eigenvalue weighted by atomic mass is 10.0. The Morgan fingerprint density at radius 2 is 1.84 bits per heavy atom. The molecular formula is C16H28N2O. The van der Waals surface area contributed by atoms with E-state index in [0.29, 0.717) is 18.5 Å². The lowest BCUT2D eigenvalue weighted by Crippen LogP contribution is -2.41. The predicted octanol–water partition coefficient (Wildman–Crippen LogP) is 2.43. The number of ether oxygens (including phenoxy) is 1. The predicted molar refractivity (Wildman–Crippen MR) is 81.9 cm³/mol. The molecule has 0 saturated heterocycles. The fourth-order valence-corrected chi connectivity index (χ4v) is 2.22. The molecule has 1 rings (SSSR count). The number of aryl methyl sites for hydroxylation is 2. The van der Waals surface area contributed by atoms with Gasteiger partial charge in [-0.1, -0.05) is 19.9 Å². The molecule has 1 aromatic carbocycles. The van der Waals surface area contributed by atoms with Gasteiger partial charge >= 0.3 is 0 Å². The Balaban J connectivity index is 2.64. The Morgan fingerprint density at radius 1 is 1.21 bits per heavy atom. The zero-order chi connectivity index (χ0) is 14.4. The summed E-state index contributed by atoms with van der Waals surface area (Å²) in [5.41, 5.74) is 9.62. The number of rotatable bonds is 7. The molecule has 108 valence electrons. The summed E-state index contributed by atoms with van der Waals surface area (Å²) in [6.45, 7) is 10.3. The van der Waals surface area contributed by atoms with E-state index in [2.05, 4.69) is 45.1 Å². The number of nitrogens with two attached hydrogens (primary N) is 1. The summed E-state index contributed by atoms with van der Waals surface area (Å²) in [5.74, 6) is 1.55. The average Bonchev–Trinajstić information content (AvgIpc) is 2.37. The van der Waals surface area contributed by atoms with Crippen LogP contribution < -0.4 is 15.8 Å². The van der Waals surface area contributed by atoms with E-state index >= 15 is 0 Å². The second-order valence-corrected chi connectivity index (χ2v) is 5.54. The lowest BCUT2D eigenvalue weighted by molar-refractivity contribution is 0.397. The first-order valence-corrected chi connectivity index (χ1v) is 7.07. The van der Waals surface area contributed by atoms with Crippen molar-refractivity contribution in [3.8, 4) is 5.75 Å². The van der Waals surface area contributed by atoms with Crippen molar-refractivity contribution in [2.75, 3.05) is 20.2 Å². The minimum Gasteiger partial charge on any atom is -0.496 e. The van der Waals surface area contributed by atoms with Crippen LogP contribution in [0.15, 0.2) is 12.1 Å². The molecule has 0 heterocycles. The minimum atomic E-state index is 0.387. The van der Waals surface area contributed by atoms with Crippen molar-refractivity contribution >= 4 is 0 Å². The van der Waals surface area contributed by atoms with Gasteiger partial charge in [0, 0.05) is 12.6 Å². The van der Waals surface area contributed by atoms with Crippen molar-refractivity contribution in [3.63, 3.8) is 0 Å². The molecular weight excluding hydrogens is 236 g/mol. The van der Waals surface area contributed by atoms with Crippen LogP contribution in [0.4, 0.5) is 0 Å². The largest absolute Gasteiger partial charge is 0.496 e. The molecule has 0 amide bonds. The van der Waals surface area contributed by atoms with E-state index in [9.17, 15) is 0 Å². The smallest absolute Gasteiger partial charge is 0.122 e. The summed E-state index contributed by atoms with van der Waals surface area (Å²) in [7, 11) is 1.73. The summed E-state index contributed by atoms with van der Waals surface area (Å²) < 4.78 is 5.46. The third kappa shape index (κ3) is 4.51. The highest BCUT2D eigenvalue weighted by Crippen LogP contribution is 2.23. The van der Waals surface area contributed by atoms with Crippen molar-refractivity contribution in [2.45, 2.75) is 40.2 Å². The van der Waals surface area contributed by atoms with Gasteiger partial charge in [-0.05, 0) is 55.5 Å². The first-order chi connectivity index (χ1) is 8.99. The Kier molecular flexibility index (Phi) is 6.32. The van der Waals surface area contributed by atoms with Gasteiger partial charge in [0.1, 0.15) is 5.75 Å². The van der Waals surface area contributed by atoms with E-state index in [1.807, 2.05) is 0 Å². The monoisotopic (exact) mass is 264 g/mol. The van der Waals surface area contributed by atoms with Crippen LogP contribution in [-0.2, 0) is 6.42 Å². The quantitative estimate of drug-likeness (QED) is 0.795. The number of hydrogen-bond acceptors (Lipinski definition) is 3. The molecule has 0 aliphatic carbocycles. The van der Waals surface area contributed by atoms with Gasteiger partial charge in [0.05, 0.1) is 7.11 Å². The maximum absolute atomic E-state index is 5.77. The molecule has 0 bridgehead atoms. The molecule has 1 aromatic rings. The number of benzene rings is 1. The van der Waals surface area contributed by atoms with Gasteiger partial charge in [0.25, 0.3) is 0 Å². The topological polar surface area (TPSA) is 47.3 Å². The van der Waals surface area contributed by atoms with Gasteiger partial charge in [0.2, 0.25) is 0 Å². The maximum Gasteiger partial charge on any atom is 0.122 e. The van der Waals surface area contributed by atoms with Crippen LogP contribution in [0, 0.1) is 19.8 Å². The van der Waals surface area contributed by atoms with Crippen LogP contribution in [0.3, 0.4) is 0 Å². The minimum absolute atomic E-state index is 0.387. The molecule has 0 aliphatic rings. The molecule has 3 N–H and O–H groups in total. The lowest BCUT2D eigenvalue weighted by Gasteiger charge is -2.21. The van der Waals surface area contributed by atoms with Crippen molar-refractivity contribution in [1.82, 2.24) is 5.32 Å². The van der Waals surface area contributed by atoms with Crippen molar-refractivity contribution < 1.29 is 4.74 Å². The first-order valence-electron chi connectivity index (χ1n) is 7.07. The molecule has 0 aromatic heterocycles. The van der Waals surface area contributed by atoms with Crippen molar-refractivity contribution in [2.24, 2.45) is 11.7 Å². The second-order valence-electron chi connectivity index (χ2n) is 5.54. The number of methoxy groups -OCH3 is 1. The Labute approximate surface area is 117 Å². The molecule has 3 heteroatoms. The highest BCUT2D eigenvalue weighted by atomic mass is 16.5. The van der Waals surface area contributed by atoms with Crippen molar-refractivity contribution in [3.05, 3.63) is 28.8 Å².